The van der Waals surface area contributed by atoms with Gasteiger partial charge in [0.1, 0.15) is 0 Å². The number of allylic oxidation sites excluding steroid dienone is 2. The second-order valence-electron chi connectivity index (χ2n) is 8.71. The highest BCUT2D eigenvalue weighted by Crippen LogP contribution is 2.32. The fourth-order valence-electron chi connectivity index (χ4n) is 4.10. The van der Waals surface area contributed by atoms with Gasteiger partial charge in [-0.2, -0.15) is 0 Å². The molecule has 0 aromatic rings. The predicted octanol–water partition coefficient (Wildman–Crippen LogP) is 3.02. The molecule has 0 saturated heterocycles. The molecule has 15 heteroatoms. The van der Waals surface area contributed by atoms with Crippen molar-refractivity contribution in [2.24, 2.45) is 0 Å². The van der Waals surface area contributed by atoms with Crippen LogP contribution in [-0.4, -0.2) is 143 Å². The SMILES string of the molecule is C=CC[Si]C[Si](C[Si])C[Si](C[Si]C[Si])C[Si](C[Si]C[Si])(C[Si]C[Si]C[Si])C[Si](C[Si])C[Si]CC=C. The minimum atomic E-state index is -1.25. The van der Waals surface area contributed by atoms with E-state index >= 15 is 0 Å². The van der Waals surface area contributed by atoms with Crippen molar-refractivity contribution in [2.45, 2.75) is 91.4 Å². The van der Waals surface area contributed by atoms with Gasteiger partial charge in [-0.15, -0.1) is 13.2 Å². The highest BCUT2D eigenvalue weighted by atomic mass is 28.4. The maximum atomic E-state index is 4.06. The van der Waals surface area contributed by atoms with Gasteiger partial charge in [0, 0.05) is 143 Å². The van der Waals surface area contributed by atoms with Crippen molar-refractivity contribution in [3.05, 3.63) is 25.3 Å². The fourth-order valence-corrected chi connectivity index (χ4v) is 57.0. The van der Waals surface area contributed by atoms with Gasteiger partial charge in [0.15, 0.2) is 0 Å². The summed E-state index contributed by atoms with van der Waals surface area (Å²) in [5.41, 5.74) is 20.6. The average Bonchev–Trinajstić information content (AvgIpc) is 2.87. The molecule has 30 radical (unpaired) electrons. The second kappa shape index (κ2) is 26.9. The molecule has 0 aromatic heterocycles. The van der Waals surface area contributed by atoms with Gasteiger partial charge in [-0.1, -0.05) is 91.5 Å². The first-order valence-electron chi connectivity index (χ1n) is 12.2. The Morgan fingerprint density at radius 1 is 0.600 bits per heavy atom. The lowest BCUT2D eigenvalue weighted by Crippen LogP contribution is -2.47. The van der Waals surface area contributed by atoms with Crippen molar-refractivity contribution in [1.29, 1.82) is 0 Å². The van der Waals surface area contributed by atoms with Crippen molar-refractivity contribution in [3.8, 4) is 0 Å². The minimum Gasteiger partial charge on any atom is -0.103 e. The Balaban J connectivity index is 5.75. The van der Waals surface area contributed by atoms with E-state index in [4.69, 9.17) is 0 Å². The van der Waals surface area contributed by atoms with Crippen LogP contribution in [0.25, 0.3) is 0 Å². The molecule has 1 atom stereocenters. The van der Waals surface area contributed by atoms with Gasteiger partial charge >= 0.3 is 0 Å². The molecule has 0 spiro atoms. The lowest BCUT2D eigenvalue weighted by molar-refractivity contribution is 1.40. The molecule has 0 aromatic carbocycles. The molecule has 0 aliphatic heterocycles. The monoisotopic (exact) mass is 698 g/mol. The van der Waals surface area contributed by atoms with Crippen LogP contribution in [0.2, 0.25) is 91.4 Å². The van der Waals surface area contributed by atoms with Crippen LogP contribution in [0.1, 0.15) is 0 Å². The average molecular weight is 700 g/mol. The molecular weight excluding hydrogens is 662 g/mol. The van der Waals surface area contributed by atoms with E-state index in [0.29, 0.717) is 0 Å². The first-order chi connectivity index (χ1) is 17.0. The standard InChI is InChI=1S/C20H38Si15/c1-3-5-26-13-32(10-24)18-34(15-29-8-22)20-35(16-30-9-23,17-31-12-28-7-21)19-33(11-25)14-27-6-4-2/h3-4H,1-2,5-20H2. The molecule has 0 amide bonds. The molecule has 0 aliphatic carbocycles. The highest BCUT2D eigenvalue weighted by Gasteiger charge is 2.37. The fraction of sp³-hybridized carbons (Fsp3) is 0.800. The molecule has 0 aliphatic rings. The van der Waals surface area contributed by atoms with Crippen LogP contribution in [0.5, 0.6) is 0 Å². The summed E-state index contributed by atoms with van der Waals surface area (Å²) in [6.07, 6.45) is 4.27. The smallest absolute Gasteiger partial charge is 0.0418 e. The van der Waals surface area contributed by atoms with E-state index in [0.717, 1.165) is 47.6 Å². The lowest BCUT2D eigenvalue weighted by atomic mass is 10.8. The molecule has 0 fully saturated rings. The van der Waals surface area contributed by atoms with Crippen LogP contribution in [0, 0.1) is 0 Å². The molecule has 0 saturated carbocycles. The van der Waals surface area contributed by atoms with Gasteiger partial charge in [-0.25, -0.2) is 0 Å². The Hall–Kier alpha value is 2.73. The summed E-state index contributed by atoms with van der Waals surface area (Å²) < 4.78 is 0. The van der Waals surface area contributed by atoms with Gasteiger partial charge in [0.25, 0.3) is 0 Å². The highest BCUT2D eigenvalue weighted by molar-refractivity contribution is 7.06. The molecule has 178 valence electrons. The summed E-state index contributed by atoms with van der Waals surface area (Å²) in [5, 5.41) is 0. The first kappa shape index (κ1) is 37.7. The summed E-state index contributed by atoms with van der Waals surface area (Å²) in [5.74, 6) is 0. The van der Waals surface area contributed by atoms with Crippen LogP contribution in [0.15, 0.2) is 25.3 Å². The van der Waals surface area contributed by atoms with Gasteiger partial charge < -0.3 is 0 Å². The molecule has 0 rings (SSSR count). The summed E-state index contributed by atoms with van der Waals surface area (Å²) in [6, 6.07) is 2.46. The van der Waals surface area contributed by atoms with Gasteiger partial charge in [-0.3, -0.25) is 0 Å². The second-order valence-corrected chi connectivity index (χ2v) is 39.8. The Labute approximate surface area is 257 Å². The van der Waals surface area contributed by atoms with Crippen molar-refractivity contribution < 1.29 is 0 Å². The lowest BCUT2D eigenvalue weighted by Gasteiger charge is -2.38. The van der Waals surface area contributed by atoms with Crippen molar-refractivity contribution in [1.82, 2.24) is 0 Å². The van der Waals surface area contributed by atoms with E-state index in [9.17, 15) is 0 Å². The third-order valence-corrected chi connectivity index (χ3v) is 46.7. The van der Waals surface area contributed by atoms with Crippen LogP contribution in [-0.2, 0) is 0 Å². The van der Waals surface area contributed by atoms with E-state index in [-0.39, 0.29) is 26.4 Å². The zero-order chi connectivity index (χ0) is 26.2. The van der Waals surface area contributed by atoms with Crippen LogP contribution < -0.4 is 0 Å². The number of hydrogen-bond acceptors (Lipinski definition) is 0. The third-order valence-electron chi connectivity index (χ3n) is 5.58. The Morgan fingerprint density at radius 2 is 1.11 bits per heavy atom. The van der Waals surface area contributed by atoms with Gasteiger partial charge in [0.2, 0.25) is 0 Å². The Morgan fingerprint density at radius 3 is 1.66 bits per heavy atom. The molecule has 0 N–H and O–H groups in total. The summed E-state index contributed by atoms with van der Waals surface area (Å²) in [7, 11) is 24.4. The summed E-state index contributed by atoms with van der Waals surface area (Å²) >= 11 is 0. The van der Waals surface area contributed by atoms with E-state index in [1.54, 1.807) is 34.0 Å². The van der Waals surface area contributed by atoms with E-state index in [2.05, 4.69) is 76.5 Å². The van der Waals surface area contributed by atoms with Gasteiger partial charge in [0.05, 0.1) is 0 Å². The molecular formula is C20H38Si15. The maximum Gasteiger partial charge on any atom is 0.0418 e. The van der Waals surface area contributed by atoms with Crippen molar-refractivity contribution >= 4 is 143 Å². The quantitative estimate of drug-likeness (QED) is 0.0704. The van der Waals surface area contributed by atoms with E-state index in [1.807, 2.05) is 0 Å². The van der Waals surface area contributed by atoms with Crippen LogP contribution in [0.3, 0.4) is 0 Å². The Kier molecular flexibility index (Phi) is 29.0. The number of rotatable bonds is 27. The summed E-state index contributed by atoms with van der Waals surface area (Å²) in [6.45, 7) is 7.96. The topological polar surface area (TPSA) is 0 Å². The summed E-state index contributed by atoms with van der Waals surface area (Å²) in [4.78, 5) is 0. The predicted molar refractivity (Wildman–Crippen MR) is 184 cm³/mol. The molecule has 35 heavy (non-hydrogen) atoms. The number of hydrogen-bond donors (Lipinski definition) is 0. The molecule has 1 unspecified atom stereocenters. The van der Waals surface area contributed by atoms with Gasteiger partial charge in [-0.05, 0) is 12.1 Å². The maximum absolute atomic E-state index is 4.06. The van der Waals surface area contributed by atoms with Crippen LogP contribution in [0.4, 0.5) is 0 Å². The normalized spacial score (nSPS) is 13.6. The first-order valence-corrected chi connectivity index (χ1v) is 33.5. The van der Waals surface area contributed by atoms with Crippen molar-refractivity contribution in [3.63, 3.8) is 0 Å². The molecule has 0 bridgehead atoms. The Bertz CT molecular complexity index is 497. The van der Waals surface area contributed by atoms with Crippen LogP contribution >= 0.6 is 0 Å². The molecule has 0 heterocycles. The van der Waals surface area contributed by atoms with E-state index in [1.165, 1.54) is 66.9 Å². The third kappa shape index (κ3) is 20.3. The zero-order valence-corrected chi connectivity index (χ0v) is 36.4. The van der Waals surface area contributed by atoms with Crippen molar-refractivity contribution in [2.75, 3.05) is 0 Å². The zero-order valence-electron chi connectivity index (χ0n) is 21.4. The van der Waals surface area contributed by atoms with E-state index < -0.39 is 8.07 Å². The molecule has 0 nitrogen and oxygen atoms in total. The largest absolute Gasteiger partial charge is 0.103 e. The minimum absolute atomic E-state index is 0.243.